The highest BCUT2D eigenvalue weighted by atomic mass is 16.5. The van der Waals surface area contributed by atoms with Crippen molar-refractivity contribution in [3.05, 3.63) is 59.2 Å². The second-order valence-electron chi connectivity index (χ2n) is 5.26. The highest BCUT2D eigenvalue weighted by molar-refractivity contribution is 5.99. The molecule has 0 aromatic heterocycles. The molecule has 0 spiro atoms. The average Bonchev–Trinajstić information content (AvgIpc) is 2.71. The molecule has 1 N–H and O–H groups in total. The van der Waals surface area contributed by atoms with Gasteiger partial charge in [-0.05, 0) is 42.5 Å². The van der Waals surface area contributed by atoms with E-state index >= 15 is 0 Å². The lowest BCUT2D eigenvalue weighted by Crippen LogP contribution is -2.21. The van der Waals surface area contributed by atoms with Crippen LogP contribution < -0.4 is 10.1 Å². The van der Waals surface area contributed by atoms with Gasteiger partial charge in [-0.15, -0.1) is 0 Å². The van der Waals surface area contributed by atoms with Crippen LogP contribution >= 0.6 is 0 Å². The number of ether oxygens (including phenoxy) is 3. The SMILES string of the molecule is COC(=O)c1cc(NC(=O)COc2ccc(C#N)cc2)cc(C(=O)OC)c1. The Morgan fingerprint density at radius 3 is 2.00 bits per heavy atom. The van der Waals surface area contributed by atoms with Gasteiger partial charge in [-0.1, -0.05) is 0 Å². The number of hydrogen-bond donors (Lipinski definition) is 1. The zero-order valence-corrected chi connectivity index (χ0v) is 14.6. The minimum absolute atomic E-state index is 0.0868. The average molecular weight is 368 g/mol. The van der Waals surface area contributed by atoms with Crippen LogP contribution in [0.15, 0.2) is 42.5 Å². The van der Waals surface area contributed by atoms with E-state index < -0.39 is 17.8 Å². The van der Waals surface area contributed by atoms with Gasteiger partial charge in [0, 0.05) is 5.69 Å². The smallest absolute Gasteiger partial charge is 0.337 e. The van der Waals surface area contributed by atoms with Crippen molar-refractivity contribution in [3.8, 4) is 11.8 Å². The number of rotatable bonds is 6. The first kappa shape index (κ1) is 19.5. The molecule has 0 unspecified atom stereocenters. The highest BCUT2D eigenvalue weighted by Gasteiger charge is 2.15. The molecule has 0 heterocycles. The Labute approximate surface area is 155 Å². The van der Waals surface area contributed by atoms with Gasteiger partial charge in [-0.3, -0.25) is 4.79 Å². The van der Waals surface area contributed by atoms with Gasteiger partial charge in [-0.2, -0.15) is 5.26 Å². The number of carbonyl (C=O) groups excluding carboxylic acids is 3. The molecule has 0 saturated heterocycles. The number of nitriles is 1. The first-order chi connectivity index (χ1) is 13.0. The van der Waals surface area contributed by atoms with Crippen molar-refractivity contribution >= 4 is 23.5 Å². The second kappa shape index (κ2) is 9.01. The van der Waals surface area contributed by atoms with Crippen LogP contribution in [0.25, 0.3) is 0 Å². The third-order valence-electron chi connectivity index (χ3n) is 3.41. The zero-order chi connectivity index (χ0) is 19.8. The van der Waals surface area contributed by atoms with Gasteiger partial charge in [0.15, 0.2) is 6.61 Å². The summed E-state index contributed by atoms with van der Waals surface area (Å²) in [6, 6.07) is 12.3. The summed E-state index contributed by atoms with van der Waals surface area (Å²) < 4.78 is 14.6. The summed E-state index contributed by atoms with van der Waals surface area (Å²) in [4.78, 5) is 35.6. The molecule has 0 aliphatic carbocycles. The van der Waals surface area contributed by atoms with Gasteiger partial charge in [0.1, 0.15) is 5.75 Å². The fourth-order valence-electron chi connectivity index (χ4n) is 2.14. The van der Waals surface area contributed by atoms with E-state index in [9.17, 15) is 14.4 Å². The minimum Gasteiger partial charge on any atom is -0.484 e. The van der Waals surface area contributed by atoms with Crippen molar-refractivity contribution in [3.63, 3.8) is 0 Å². The van der Waals surface area contributed by atoms with E-state index in [4.69, 9.17) is 10.00 Å². The van der Waals surface area contributed by atoms with Gasteiger partial charge in [-0.25, -0.2) is 9.59 Å². The lowest BCUT2D eigenvalue weighted by atomic mass is 10.1. The lowest BCUT2D eigenvalue weighted by Gasteiger charge is -2.10. The van der Waals surface area contributed by atoms with E-state index in [1.165, 1.54) is 32.4 Å². The minimum atomic E-state index is -0.662. The molecular weight excluding hydrogens is 352 g/mol. The maximum atomic E-state index is 12.1. The molecule has 138 valence electrons. The molecule has 8 heteroatoms. The molecule has 0 aliphatic rings. The maximum Gasteiger partial charge on any atom is 0.337 e. The number of benzene rings is 2. The predicted molar refractivity (Wildman–Crippen MR) is 94.4 cm³/mol. The van der Waals surface area contributed by atoms with Crippen molar-refractivity contribution in [2.24, 2.45) is 0 Å². The number of nitrogens with one attached hydrogen (secondary N) is 1. The largest absolute Gasteiger partial charge is 0.484 e. The van der Waals surface area contributed by atoms with Crippen LogP contribution in [-0.2, 0) is 14.3 Å². The van der Waals surface area contributed by atoms with Gasteiger partial charge < -0.3 is 19.5 Å². The molecule has 2 aromatic rings. The molecule has 0 atom stereocenters. The van der Waals surface area contributed by atoms with Crippen LogP contribution in [0.4, 0.5) is 5.69 Å². The number of hydrogen-bond acceptors (Lipinski definition) is 7. The van der Waals surface area contributed by atoms with E-state index in [0.717, 1.165) is 0 Å². The Balaban J connectivity index is 2.09. The van der Waals surface area contributed by atoms with Crippen molar-refractivity contribution in [1.29, 1.82) is 5.26 Å². The van der Waals surface area contributed by atoms with Gasteiger partial charge in [0.2, 0.25) is 0 Å². The molecule has 2 rings (SSSR count). The Hall–Kier alpha value is -3.86. The molecule has 1 amide bonds. The summed E-state index contributed by atoms with van der Waals surface area (Å²) >= 11 is 0. The van der Waals surface area contributed by atoms with Gasteiger partial charge in [0.05, 0.1) is 37.0 Å². The topological polar surface area (TPSA) is 115 Å². The summed E-state index contributed by atoms with van der Waals surface area (Å²) in [7, 11) is 2.41. The van der Waals surface area contributed by atoms with E-state index in [0.29, 0.717) is 11.3 Å². The molecule has 0 bridgehead atoms. The van der Waals surface area contributed by atoms with Crippen molar-refractivity contribution in [2.75, 3.05) is 26.1 Å². The highest BCUT2D eigenvalue weighted by Crippen LogP contribution is 2.17. The molecule has 2 aromatic carbocycles. The number of esters is 2. The Morgan fingerprint density at radius 2 is 1.52 bits per heavy atom. The van der Waals surface area contributed by atoms with Crippen LogP contribution in [0, 0.1) is 11.3 Å². The molecule has 8 nitrogen and oxygen atoms in total. The predicted octanol–water partition coefficient (Wildman–Crippen LogP) is 2.15. The standard InChI is InChI=1S/C19H16N2O6/c1-25-18(23)13-7-14(19(24)26-2)9-15(8-13)21-17(22)11-27-16-5-3-12(10-20)4-6-16/h3-9H,11H2,1-2H3,(H,21,22). The quantitative estimate of drug-likeness (QED) is 0.777. The molecular formula is C19H16N2O6. The Kier molecular flexibility index (Phi) is 6.49. The first-order valence-corrected chi connectivity index (χ1v) is 7.71. The van der Waals surface area contributed by atoms with Gasteiger partial charge in [0.25, 0.3) is 5.91 Å². The number of anilines is 1. The number of amides is 1. The maximum absolute atomic E-state index is 12.1. The normalized spacial score (nSPS) is 9.67. The van der Waals surface area contributed by atoms with Crippen LogP contribution in [0.1, 0.15) is 26.3 Å². The fourth-order valence-corrected chi connectivity index (χ4v) is 2.14. The number of nitrogens with zero attached hydrogens (tertiary/aromatic N) is 1. The van der Waals surface area contributed by atoms with Crippen molar-refractivity contribution in [1.82, 2.24) is 0 Å². The number of carbonyl (C=O) groups is 3. The van der Waals surface area contributed by atoms with E-state index in [1.807, 2.05) is 6.07 Å². The molecule has 0 radical (unpaired) electrons. The number of methoxy groups -OCH3 is 2. The van der Waals surface area contributed by atoms with E-state index in [2.05, 4.69) is 14.8 Å². The van der Waals surface area contributed by atoms with Crippen LogP contribution in [-0.4, -0.2) is 38.7 Å². The molecule has 0 fully saturated rings. The fraction of sp³-hybridized carbons (Fsp3) is 0.158. The summed E-state index contributed by atoms with van der Waals surface area (Å²) in [5.74, 6) is -1.41. The summed E-state index contributed by atoms with van der Waals surface area (Å²) in [5.41, 5.74) is 0.862. The summed E-state index contributed by atoms with van der Waals surface area (Å²) in [5, 5.41) is 11.3. The van der Waals surface area contributed by atoms with Crippen LogP contribution in [0.2, 0.25) is 0 Å². The first-order valence-electron chi connectivity index (χ1n) is 7.71. The summed E-state index contributed by atoms with van der Waals surface area (Å²) in [6.07, 6.45) is 0. The van der Waals surface area contributed by atoms with Crippen molar-refractivity contribution < 1.29 is 28.6 Å². The Morgan fingerprint density at radius 1 is 0.963 bits per heavy atom. The van der Waals surface area contributed by atoms with Gasteiger partial charge >= 0.3 is 11.9 Å². The molecule has 27 heavy (non-hydrogen) atoms. The molecule has 0 saturated carbocycles. The van der Waals surface area contributed by atoms with E-state index in [1.54, 1.807) is 24.3 Å². The summed E-state index contributed by atoms with van der Waals surface area (Å²) in [6.45, 7) is -0.304. The lowest BCUT2D eigenvalue weighted by molar-refractivity contribution is -0.118. The third-order valence-corrected chi connectivity index (χ3v) is 3.41. The van der Waals surface area contributed by atoms with Crippen LogP contribution in [0.3, 0.4) is 0 Å². The van der Waals surface area contributed by atoms with Crippen LogP contribution in [0.5, 0.6) is 5.75 Å². The second-order valence-corrected chi connectivity index (χ2v) is 5.26. The zero-order valence-electron chi connectivity index (χ0n) is 14.6. The third kappa shape index (κ3) is 5.31. The van der Waals surface area contributed by atoms with Crippen molar-refractivity contribution in [2.45, 2.75) is 0 Å². The molecule has 0 aliphatic heterocycles. The Bertz CT molecular complexity index is 865. The van der Waals surface area contributed by atoms with E-state index in [-0.39, 0.29) is 23.4 Å². The monoisotopic (exact) mass is 368 g/mol.